The molecule has 0 radical (unpaired) electrons. The summed E-state index contributed by atoms with van der Waals surface area (Å²) in [7, 11) is 0. The van der Waals surface area contributed by atoms with Gasteiger partial charge in [-0.3, -0.25) is 4.99 Å². The van der Waals surface area contributed by atoms with E-state index in [-0.39, 0.29) is 0 Å². The second kappa shape index (κ2) is 3.98. The summed E-state index contributed by atoms with van der Waals surface area (Å²) in [5.41, 5.74) is 4.01. The van der Waals surface area contributed by atoms with Gasteiger partial charge in [0.15, 0.2) is 6.04 Å². The van der Waals surface area contributed by atoms with Crippen LogP contribution < -0.4 is 0 Å². The molecule has 1 aromatic heterocycles. The fourth-order valence-corrected chi connectivity index (χ4v) is 2.56. The van der Waals surface area contributed by atoms with E-state index in [0.29, 0.717) is 6.42 Å². The van der Waals surface area contributed by atoms with Crippen LogP contribution in [-0.4, -0.2) is 27.8 Å². The van der Waals surface area contributed by atoms with E-state index in [0.717, 1.165) is 34.3 Å². The Morgan fingerprint density at radius 1 is 1.50 bits per heavy atom. The quantitative estimate of drug-likeness (QED) is 0.849. The largest absolute Gasteiger partial charge is 0.480 e. The normalized spacial score (nSPS) is 18.5. The van der Waals surface area contributed by atoms with Crippen LogP contribution in [0.4, 0.5) is 0 Å². The number of rotatable bonds is 2. The summed E-state index contributed by atoms with van der Waals surface area (Å²) in [6.07, 6.45) is 1.21. The van der Waals surface area contributed by atoms with Crippen molar-refractivity contribution in [3.63, 3.8) is 0 Å². The number of carboxylic acid groups (broad SMARTS) is 1. The molecule has 0 saturated carbocycles. The molecule has 4 heteroatoms. The van der Waals surface area contributed by atoms with Gasteiger partial charge in [0.25, 0.3) is 0 Å². The third-order valence-electron chi connectivity index (χ3n) is 3.43. The van der Waals surface area contributed by atoms with Crippen molar-refractivity contribution < 1.29 is 9.90 Å². The van der Waals surface area contributed by atoms with Gasteiger partial charge in [-0.2, -0.15) is 0 Å². The number of benzene rings is 1. The van der Waals surface area contributed by atoms with Crippen LogP contribution in [0, 0.1) is 0 Å². The minimum Gasteiger partial charge on any atom is -0.480 e. The SMILES string of the molecule is CCC1=NC(C(=O)O)Cc2c1[nH]c1ccccc21. The molecule has 1 aromatic carbocycles. The first-order valence-corrected chi connectivity index (χ1v) is 6.10. The number of aromatic amines is 1. The van der Waals surface area contributed by atoms with Crippen LogP contribution in [0.1, 0.15) is 24.6 Å². The maximum absolute atomic E-state index is 11.2. The lowest BCUT2D eigenvalue weighted by Gasteiger charge is -2.17. The number of carbonyl (C=O) groups is 1. The molecule has 1 unspecified atom stereocenters. The van der Waals surface area contributed by atoms with Gasteiger partial charge in [0, 0.05) is 17.3 Å². The molecule has 18 heavy (non-hydrogen) atoms. The van der Waals surface area contributed by atoms with Gasteiger partial charge in [0.2, 0.25) is 0 Å². The van der Waals surface area contributed by atoms with Gasteiger partial charge < -0.3 is 10.1 Å². The third-order valence-corrected chi connectivity index (χ3v) is 3.43. The average Bonchev–Trinajstić information content (AvgIpc) is 2.76. The van der Waals surface area contributed by atoms with Crippen molar-refractivity contribution in [1.82, 2.24) is 4.98 Å². The second-order valence-electron chi connectivity index (χ2n) is 4.51. The Morgan fingerprint density at radius 3 is 3.00 bits per heavy atom. The lowest BCUT2D eigenvalue weighted by molar-refractivity contribution is -0.138. The zero-order chi connectivity index (χ0) is 12.7. The Bertz CT molecular complexity index is 655. The number of hydrogen-bond acceptors (Lipinski definition) is 2. The molecule has 0 aliphatic carbocycles. The van der Waals surface area contributed by atoms with E-state index in [9.17, 15) is 4.79 Å². The molecule has 0 amide bonds. The molecule has 0 spiro atoms. The maximum Gasteiger partial charge on any atom is 0.328 e. The van der Waals surface area contributed by atoms with E-state index in [4.69, 9.17) is 5.11 Å². The fraction of sp³-hybridized carbons (Fsp3) is 0.286. The van der Waals surface area contributed by atoms with Crippen molar-refractivity contribution in [3.8, 4) is 0 Å². The lowest BCUT2D eigenvalue weighted by atomic mass is 9.96. The average molecular weight is 242 g/mol. The minimum atomic E-state index is -0.850. The summed E-state index contributed by atoms with van der Waals surface area (Å²) in [5.74, 6) is -0.850. The summed E-state index contributed by atoms with van der Waals surface area (Å²) in [4.78, 5) is 18.8. The minimum absolute atomic E-state index is 0.470. The zero-order valence-corrected chi connectivity index (χ0v) is 10.1. The number of aromatic nitrogens is 1. The number of aliphatic carboxylic acids is 1. The maximum atomic E-state index is 11.2. The monoisotopic (exact) mass is 242 g/mol. The van der Waals surface area contributed by atoms with Crippen LogP contribution in [0.2, 0.25) is 0 Å². The molecule has 4 nitrogen and oxygen atoms in total. The highest BCUT2D eigenvalue weighted by atomic mass is 16.4. The van der Waals surface area contributed by atoms with Gasteiger partial charge in [0.05, 0.1) is 11.4 Å². The molecule has 1 aliphatic rings. The van der Waals surface area contributed by atoms with Crippen LogP contribution in [0.3, 0.4) is 0 Å². The van der Waals surface area contributed by atoms with E-state index in [1.54, 1.807) is 0 Å². The molecule has 92 valence electrons. The molecule has 0 bridgehead atoms. The van der Waals surface area contributed by atoms with Gasteiger partial charge in [0.1, 0.15) is 0 Å². The fourth-order valence-electron chi connectivity index (χ4n) is 2.56. The summed E-state index contributed by atoms with van der Waals surface area (Å²) in [6.45, 7) is 2.00. The van der Waals surface area contributed by atoms with Crippen molar-refractivity contribution in [3.05, 3.63) is 35.5 Å². The molecule has 0 fully saturated rings. The molecule has 3 rings (SSSR count). The molecule has 1 atom stereocenters. The number of fused-ring (bicyclic) bond motifs is 3. The molecule has 0 saturated heterocycles. The number of nitrogens with one attached hydrogen (secondary N) is 1. The van der Waals surface area contributed by atoms with Gasteiger partial charge in [-0.1, -0.05) is 25.1 Å². The molecule has 1 aliphatic heterocycles. The van der Waals surface area contributed by atoms with Crippen LogP contribution >= 0.6 is 0 Å². The van der Waals surface area contributed by atoms with Gasteiger partial charge in [-0.15, -0.1) is 0 Å². The smallest absolute Gasteiger partial charge is 0.328 e. The van der Waals surface area contributed by atoms with Crippen LogP contribution in [-0.2, 0) is 11.2 Å². The predicted molar refractivity (Wildman–Crippen MR) is 70.3 cm³/mol. The van der Waals surface area contributed by atoms with Crippen LogP contribution in [0.5, 0.6) is 0 Å². The number of carboxylic acids is 1. The lowest BCUT2D eigenvalue weighted by Crippen LogP contribution is -2.27. The van der Waals surface area contributed by atoms with Crippen molar-refractivity contribution in [1.29, 1.82) is 0 Å². The van der Waals surface area contributed by atoms with Crippen molar-refractivity contribution in [2.45, 2.75) is 25.8 Å². The second-order valence-corrected chi connectivity index (χ2v) is 4.51. The van der Waals surface area contributed by atoms with Gasteiger partial charge >= 0.3 is 5.97 Å². The summed E-state index contributed by atoms with van der Waals surface area (Å²) in [6, 6.07) is 7.34. The van der Waals surface area contributed by atoms with Crippen molar-refractivity contribution in [2.24, 2.45) is 4.99 Å². The van der Waals surface area contributed by atoms with E-state index in [2.05, 4.69) is 9.98 Å². The van der Waals surface area contributed by atoms with Gasteiger partial charge in [-0.25, -0.2) is 4.79 Å². The highest BCUT2D eigenvalue weighted by Crippen LogP contribution is 2.28. The van der Waals surface area contributed by atoms with Gasteiger partial charge in [-0.05, 0) is 18.1 Å². The number of nitrogens with zero attached hydrogens (tertiary/aromatic N) is 1. The van der Waals surface area contributed by atoms with Crippen LogP contribution in [0.15, 0.2) is 29.3 Å². The number of H-pyrrole nitrogens is 1. The first kappa shape index (κ1) is 11.0. The highest BCUT2D eigenvalue weighted by molar-refractivity contribution is 6.07. The molecule has 2 N–H and O–H groups in total. The molecule has 2 aromatic rings. The van der Waals surface area contributed by atoms with E-state index in [1.807, 2.05) is 31.2 Å². The molecule has 2 heterocycles. The first-order valence-electron chi connectivity index (χ1n) is 6.10. The Kier molecular flexibility index (Phi) is 2.44. The van der Waals surface area contributed by atoms with E-state index in [1.165, 1.54) is 0 Å². The number of aliphatic imine (C=N–C) groups is 1. The number of hydrogen-bond donors (Lipinski definition) is 2. The van der Waals surface area contributed by atoms with E-state index >= 15 is 0 Å². The Balaban J connectivity index is 2.22. The van der Waals surface area contributed by atoms with Crippen LogP contribution in [0.25, 0.3) is 10.9 Å². The topological polar surface area (TPSA) is 65.4 Å². The van der Waals surface area contributed by atoms with Crippen molar-refractivity contribution in [2.75, 3.05) is 0 Å². The Hall–Kier alpha value is -2.10. The molecular formula is C14H14N2O2. The predicted octanol–water partition coefficient (Wildman–Crippen LogP) is 2.38. The van der Waals surface area contributed by atoms with E-state index < -0.39 is 12.0 Å². The summed E-state index contributed by atoms with van der Waals surface area (Å²) >= 11 is 0. The third kappa shape index (κ3) is 1.53. The standard InChI is InChI=1S/C14H14N2O2/c1-2-10-13-9(7-12(15-10)14(17)18)8-5-3-4-6-11(8)16-13/h3-6,12,16H,2,7H2,1H3,(H,17,18). The molecular weight excluding hydrogens is 228 g/mol. The Morgan fingerprint density at radius 2 is 2.28 bits per heavy atom. The first-order chi connectivity index (χ1) is 8.70. The summed E-state index contributed by atoms with van der Waals surface area (Å²) in [5, 5.41) is 10.3. The van der Waals surface area contributed by atoms with Crippen molar-refractivity contribution >= 4 is 22.6 Å². The number of para-hydroxylation sites is 1. The summed E-state index contributed by atoms with van der Waals surface area (Å²) < 4.78 is 0. The highest BCUT2D eigenvalue weighted by Gasteiger charge is 2.27. The Labute approximate surface area is 104 Å². The zero-order valence-electron chi connectivity index (χ0n) is 10.1.